The monoisotopic (exact) mass is 237 g/mol. The Hall–Kier alpha value is -2.54. The van der Waals surface area contributed by atoms with Crippen LogP contribution in [-0.2, 0) is 0 Å². The Morgan fingerprint density at radius 2 is 2.22 bits per heavy atom. The SMILES string of the molecule is N#Cc1ccnc(NC2COc3ccccc32)c1. The fourth-order valence-corrected chi connectivity index (χ4v) is 2.04. The van der Waals surface area contributed by atoms with E-state index in [1.54, 1.807) is 18.3 Å². The van der Waals surface area contributed by atoms with Crippen molar-refractivity contribution in [3.63, 3.8) is 0 Å². The highest BCUT2D eigenvalue weighted by atomic mass is 16.5. The van der Waals surface area contributed by atoms with Gasteiger partial charge in [-0.3, -0.25) is 0 Å². The Bertz CT molecular complexity index is 618. The quantitative estimate of drug-likeness (QED) is 0.871. The molecule has 3 rings (SSSR count). The molecule has 0 fully saturated rings. The van der Waals surface area contributed by atoms with Gasteiger partial charge in [-0.15, -0.1) is 0 Å². The lowest BCUT2D eigenvalue weighted by atomic mass is 10.1. The molecule has 2 heterocycles. The average molecular weight is 237 g/mol. The van der Waals surface area contributed by atoms with Gasteiger partial charge in [0.2, 0.25) is 0 Å². The number of hydrogen-bond acceptors (Lipinski definition) is 4. The summed E-state index contributed by atoms with van der Waals surface area (Å²) in [7, 11) is 0. The minimum atomic E-state index is 0.0858. The van der Waals surface area contributed by atoms with Crippen LogP contribution in [0.2, 0.25) is 0 Å². The van der Waals surface area contributed by atoms with E-state index in [4.69, 9.17) is 10.00 Å². The van der Waals surface area contributed by atoms with E-state index < -0.39 is 0 Å². The molecule has 0 saturated carbocycles. The highest BCUT2D eigenvalue weighted by Gasteiger charge is 2.23. The third kappa shape index (κ3) is 1.87. The predicted molar refractivity (Wildman–Crippen MR) is 67.3 cm³/mol. The first kappa shape index (κ1) is 10.6. The van der Waals surface area contributed by atoms with Gasteiger partial charge in [0.05, 0.1) is 17.7 Å². The summed E-state index contributed by atoms with van der Waals surface area (Å²) < 4.78 is 5.58. The van der Waals surface area contributed by atoms with Gasteiger partial charge in [-0.05, 0) is 18.2 Å². The molecular formula is C14H11N3O. The van der Waals surface area contributed by atoms with Crippen molar-refractivity contribution in [1.29, 1.82) is 5.26 Å². The van der Waals surface area contributed by atoms with E-state index in [0.717, 1.165) is 11.3 Å². The van der Waals surface area contributed by atoms with Gasteiger partial charge < -0.3 is 10.1 Å². The normalized spacial score (nSPS) is 16.5. The van der Waals surface area contributed by atoms with E-state index >= 15 is 0 Å². The molecule has 1 aliphatic rings. The van der Waals surface area contributed by atoms with Crippen molar-refractivity contribution in [2.75, 3.05) is 11.9 Å². The molecule has 18 heavy (non-hydrogen) atoms. The molecule has 1 N–H and O–H groups in total. The molecule has 0 amide bonds. The highest BCUT2D eigenvalue weighted by molar-refractivity contribution is 5.48. The fraction of sp³-hybridized carbons (Fsp3) is 0.143. The molecular weight excluding hydrogens is 226 g/mol. The smallest absolute Gasteiger partial charge is 0.127 e. The molecule has 2 aromatic rings. The van der Waals surface area contributed by atoms with Gasteiger partial charge in [0, 0.05) is 11.8 Å². The third-order valence-electron chi connectivity index (χ3n) is 2.91. The van der Waals surface area contributed by atoms with Crippen LogP contribution in [0, 0.1) is 11.3 Å². The third-order valence-corrected chi connectivity index (χ3v) is 2.91. The zero-order chi connectivity index (χ0) is 12.4. The first-order valence-corrected chi connectivity index (χ1v) is 5.71. The van der Waals surface area contributed by atoms with Gasteiger partial charge >= 0.3 is 0 Å². The number of aromatic nitrogens is 1. The second-order valence-corrected chi connectivity index (χ2v) is 4.09. The van der Waals surface area contributed by atoms with Gasteiger partial charge in [0.1, 0.15) is 18.2 Å². The zero-order valence-corrected chi connectivity index (χ0v) is 9.63. The summed E-state index contributed by atoms with van der Waals surface area (Å²) in [4.78, 5) is 4.21. The minimum absolute atomic E-state index is 0.0858. The van der Waals surface area contributed by atoms with Gasteiger partial charge in [-0.25, -0.2) is 4.98 Å². The average Bonchev–Trinajstić information content (AvgIpc) is 2.83. The van der Waals surface area contributed by atoms with E-state index in [1.807, 2.05) is 24.3 Å². The molecule has 0 bridgehead atoms. The van der Waals surface area contributed by atoms with Crippen LogP contribution < -0.4 is 10.1 Å². The Balaban J connectivity index is 1.84. The Kier molecular flexibility index (Phi) is 2.58. The van der Waals surface area contributed by atoms with Crippen LogP contribution in [0.15, 0.2) is 42.6 Å². The number of benzene rings is 1. The van der Waals surface area contributed by atoms with Crippen molar-refractivity contribution in [1.82, 2.24) is 4.98 Å². The number of hydrogen-bond donors (Lipinski definition) is 1. The van der Waals surface area contributed by atoms with E-state index in [1.165, 1.54) is 0 Å². The van der Waals surface area contributed by atoms with Crippen LogP contribution in [0.3, 0.4) is 0 Å². The zero-order valence-electron chi connectivity index (χ0n) is 9.63. The molecule has 88 valence electrons. The minimum Gasteiger partial charge on any atom is -0.491 e. The number of para-hydroxylation sites is 1. The Morgan fingerprint density at radius 1 is 1.33 bits per heavy atom. The molecule has 1 aromatic carbocycles. The summed E-state index contributed by atoms with van der Waals surface area (Å²) in [5, 5.41) is 12.1. The lowest BCUT2D eigenvalue weighted by molar-refractivity contribution is 0.339. The maximum absolute atomic E-state index is 8.85. The molecule has 1 atom stereocenters. The van der Waals surface area contributed by atoms with Crippen LogP contribution in [0.5, 0.6) is 5.75 Å². The van der Waals surface area contributed by atoms with Crippen molar-refractivity contribution in [2.45, 2.75) is 6.04 Å². The van der Waals surface area contributed by atoms with Crippen molar-refractivity contribution in [2.24, 2.45) is 0 Å². The van der Waals surface area contributed by atoms with Crippen LogP contribution in [0.25, 0.3) is 0 Å². The number of nitrogens with zero attached hydrogens (tertiary/aromatic N) is 2. The number of nitriles is 1. The summed E-state index contributed by atoms with van der Waals surface area (Å²) in [5.74, 6) is 1.60. The van der Waals surface area contributed by atoms with Gasteiger partial charge in [0.15, 0.2) is 0 Å². The maximum Gasteiger partial charge on any atom is 0.127 e. The predicted octanol–water partition coefficient (Wildman–Crippen LogP) is 2.50. The number of rotatable bonds is 2. The molecule has 0 radical (unpaired) electrons. The number of pyridine rings is 1. The summed E-state index contributed by atoms with van der Waals surface area (Å²) in [5.41, 5.74) is 1.72. The van der Waals surface area contributed by atoms with Gasteiger partial charge in [0.25, 0.3) is 0 Å². The van der Waals surface area contributed by atoms with E-state index in [-0.39, 0.29) is 6.04 Å². The van der Waals surface area contributed by atoms with Crippen LogP contribution in [-0.4, -0.2) is 11.6 Å². The highest BCUT2D eigenvalue weighted by Crippen LogP contribution is 2.33. The van der Waals surface area contributed by atoms with Crippen molar-refractivity contribution < 1.29 is 4.74 Å². The van der Waals surface area contributed by atoms with Crippen LogP contribution in [0.4, 0.5) is 5.82 Å². The molecule has 1 unspecified atom stereocenters. The standard InChI is InChI=1S/C14H11N3O/c15-8-10-5-6-16-14(7-10)17-12-9-18-13-4-2-1-3-11(12)13/h1-7,12H,9H2,(H,16,17). The van der Waals surface area contributed by atoms with Crippen molar-refractivity contribution in [3.8, 4) is 11.8 Å². The lowest BCUT2D eigenvalue weighted by Crippen LogP contribution is -2.12. The molecule has 1 aliphatic heterocycles. The molecule has 4 heteroatoms. The van der Waals surface area contributed by atoms with Crippen LogP contribution >= 0.6 is 0 Å². The molecule has 0 spiro atoms. The Labute approximate surface area is 105 Å². The first-order chi connectivity index (χ1) is 8.86. The van der Waals surface area contributed by atoms with Gasteiger partial charge in [-0.1, -0.05) is 18.2 Å². The molecule has 0 saturated heterocycles. The molecule has 4 nitrogen and oxygen atoms in total. The number of fused-ring (bicyclic) bond motifs is 1. The first-order valence-electron chi connectivity index (χ1n) is 5.71. The van der Waals surface area contributed by atoms with E-state index in [9.17, 15) is 0 Å². The second-order valence-electron chi connectivity index (χ2n) is 4.09. The Morgan fingerprint density at radius 3 is 3.11 bits per heavy atom. The maximum atomic E-state index is 8.85. The number of ether oxygens (including phenoxy) is 1. The summed E-state index contributed by atoms with van der Waals surface area (Å²) in [6.45, 7) is 0.581. The number of nitrogens with one attached hydrogen (secondary N) is 1. The van der Waals surface area contributed by atoms with Gasteiger partial charge in [-0.2, -0.15) is 5.26 Å². The topological polar surface area (TPSA) is 57.9 Å². The lowest BCUT2D eigenvalue weighted by Gasteiger charge is -2.12. The van der Waals surface area contributed by atoms with E-state index in [0.29, 0.717) is 18.0 Å². The second kappa shape index (κ2) is 4.38. The number of anilines is 1. The van der Waals surface area contributed by atoms with Crippen LogP contribution in [0.1, 0.15) is 17.2 Å². The summed E-state index contributed by atoms with van der Waals surface area (Å²) in [6.07, 6.45) is 1.63. The fourth-order valence-electron chi connectivity index (χ4n) is 2.04. The summed E-state index contributed by atoms with van der Waals surface area (Å²) in [6, 6.07) is 13.5. The van der Waals surface area contributed by atoms with Crippen molar-refractivity contribution in [3.05, 3.63) is 53.7 Å². The summed E-state index contributed by atoms with van der Waals surface area (Å²) >= 11 is 0. The van der Waals surface area contributed by atoms with E-state index in [2.05, 4.69) is 16.4 Å². The largest absolute Gasteiger partial charge is 0.491 e. The van der Waals surface area contributed by atoms with Crippen molar-refractivity contribution >= 4 is 5.82 Å². The molecule has 1 aromatic heterocycles. The molecule has 0 aliphatic carbocycles.